The summed E-state index contributed by atoms with van der Waals surface area (Å²) in [6.07, 6.45) is 3.87. The third-order valence-electron chi connectivity index (χ3n) is 2.93. The Labute approximate surface area is 95.6 Å². The zero-order valence-corrected chi connectivity index (χ0v) is 9.32. The van der Waals surface area contributed by atoms with Gasteiger partial charge in [-0.3, -0.25) is 4.79 Å². The molecule has 0 aromatic heterocycles. The van der Waals surface area contributed by atoms with Gasteiger partial charge in [0.25, 0.3) is 0 Å². The predicted molar refractivity (Wildman–Crippen MR) is 63.4 cm³/mol. The van der Waals surface area contributed by atoms with Gasteiger partial charge in [0.2, 0.25) is 0 Å². The number of anilines is 1. The minimum atomic E-state index is 0.155. The molecule has 1 atom stereocenters. The summed E-state index contributed by atoms with van der Waals surface area (Å²) in [7, 11) is 0. The van der Waals surface area contributed by atoms with E-state index in [1.807, 2.05) is 12.1 Å². The first-order valence-electron chi connectivity index (χ1n) is 5.76. The van der Waals surface area contributed by atoms with Gasteiger partial charge in [-0.05, 0) is 31.4 Å². The lowest BCUT2D eigenvalue weighted by Gasteiger charge is -2.08. The Morgan fingerprint density at radius 1 is 1.50 bits per heavy atom. The quantitative estimate of drug-likeness (QED) is 0.625. The average Bonchev–Trinajstić information content (AvgIpc) is 2.78. The number of ether oxygens (including phenoxy) is 1. The molecular weight excluding hydrogens is 202 g/mol. The summed E-state index contributed by atoms with van der Waals surface area (Å²) in [6.45, 7) is 0.844. The highest BCUT2D eigenvalue weighted by Crippen LogP contribution is 2.18. The number of benzene rings is 1. The molecule has 0 spiro atoms. The molecule has 16 heavy (non-hydrogen) atoms. The summed E-state index contributed by atoms with van der Waals surface area (Å²) in [4.78, 5) is 11.8. The van der Waals surface area contributed by atoms with E-state index in [1.54, 1.807) is 12.1 Å². The maximum absolute atomic E-state index is 11.8. The van der Waals surface area contributed by atoms with Crippen molar-refractivity contribution in [1.29, 1.82) is 0 Å². The van der Waals surface area contributed by atoms with E-state index in [1.165, 1.54) is 0 Å². The first-order valence-corrected chi connectivity index (χ1v) is 5.76. The monoisotopic (exact) mass is 219 g/mol. The zero-order chi connectivity index (χ0) is 11.4. The van der Waals surface area contributed by atoms with Crippen LogP contribution in [0.25, 0.3) is 0 Å². The van der Waals surface area contributed by atoms with Crippen LogP contribution >= 0.6 is 0 Å². The number of carbonyl (C=O) groups excluding carboxylic acids is 1. The van der Waals surface area contributed by atoms with Crippen LogP contribution in [0.4, 0.5) is 5.69 Å². The minimum Gasteiger partial charge on any atom is -0.399 e. The number of carbonyl (C=O) groups is 1. The number of Topliss-reactive ketones (excluding diaryl/α,β-unsaturated/α-hetero) is 1. The molecule has 0 saturated carbocycles. The molecule has 0 radical (unpaired) electrons. The van der Waals surface area contributed by atoms with Crippen molar-refractivity contribution in [2.24, 2.45) is 0 Å². The molecule has 1 aliphatic rings. The number of ketones is 1. The summed E-state index contributed by atoms with van der Waals surface area (Å²) in [5, 5.41) is 0. The zero-order valence-electron chi connectivity index (χ0n) is 9.32. The molecule has 1 aliphatic heterocycles. The smallest absolute Gasteiger partial charge is 0.163 e. The van der Waals surface area contributed by atoms with E-state index in [0.29, 0.717) is 17.7 Å². The van der Waals surface area contributed by atoms with Crippen LogP contribution in [0.2, 0.25) is 0 Å². The minimum absolute atomic E-state index is 0.155. The molecule has 1 aromatic carbocycles. The summed E-state index contributed by atoms with van der Waals surface area (Å²) in [6, 6.07) is 7.15. The summed E-state index contributed by atoms with van der Waals surface area (Å²) in [5.74, 6) is 0.155. The second kappa shape index (κ2) is 5.12. The molecule has 3 heteroatoms. The molecule has 3 nitrogen and oxygen atoms in total. The summed E-state index contributed by atoms with van der Waals surface area (Å²) >= 11 is 0. The fourth-order valence-electron chi connectivity index (χ4n) is 2.02. The van der Waals surface area contributed by atoms with E-state index >= 15 is 0 Å². The van der Waals surface area contributed by atoms with Crippen LogP contribution in [0.5, 0.6) is 0 Å². The predicted octanol–water partition coefficient (Wildman–Crippen LogP) is 2.41. The largest absolute Gasteiger partial charge is 0.399 e. The molecule has 0 aliphatic carbocycles. The highest BCUT2D eigenvalue weighted by atomic mass is 16.5. The van der Waals surface area contributed by atoms with Gasteiger partial charge in [-0.2, -0.15) is 0 Å². The van der Waals surface area contributed by atoms with E-state index in [-0.39, 0.29) is 11.9 Å². The van der Waals surface area contributed by atoms with Crippen molar-refractivity contribution < 1.29 is 9.53 Å². The van der Waals surface area contributed by atoms with Crippen LogP contribution in [-0.2, 0) is 4.74 Å². The van der Waals surface area contributed by atoms with Crippen molar-refractivity contribution in [3.05, 3.63) is 29.8 Å². The van der Waals surface area contributed by atoms with E-state index in [4.69, 9.17) is 10.5 Å². The molecule has 1 heterocycles. The first-order chi connectivity index (χ1) is 7.75. The van der Waals surface area contributed by atoms with Crippen molar-refractivity contribution in [3.63, 3.8) is 0 Å². The van der Waals surface area contributed by atoms with Crippen molar-refractivity contribution in [2.45, 2.75) is 31.8 Å². The number of rotatable bonds is 4. The van der Waals surface area contributed by atoms with Gasteiger partial charge in [0.05, 0.1) is 6.10 Å². The van der Waals surface area contributed by atoms with Gasteiger partial charge in [0.1, 0.15) is 0 Å². The van der Waals surface area contributed by atoms with E-state index < -0.39 is 0 Å². The molecule has 0 amide bonds. The van der Waals surface area contributed by atoms with Crippen LogP contribution in [0.1, 0.15) is 36.0 Å². The molecule has 1 unspecified atom stereocenters. The van der Waals surface area contributed by atoms with Gasteiger partial charge in [-0.1, -0.05) is 12.1 Å². The van der Waals surface area contributed by atoms with Crippen LogP contribution < -0.4 is 5.73 Å². The maximum Gasteiger partial charge on any atom is 0.163 e. The molecule has 2 N–H and O–H groups in total. The van der Waals surface area contributed by atoms with Crippen molar-refractivity contribution in [2.75, 3.05) is 12.3 Å². The standard InChI is InChI=1S/C13H17NO2/c14-11-4-1-3-10(9-11)13(15)7-6-12-5-2-8-16-12/h1,3-4,9,12H,2,5-8,14H2. The SMILES string of the molecule is Nc1cccc(C(=O)CCC2CCCO2)c1. The van der Waals surface area contributed by atoms with E-state index in [2.05, 4.69) is 0 Å². The second-order valence-electron chi connectivity index (χ2n) is 4.22. The second-order valence-corrected chi connectivity index (χ2v) is 4.22. The third kappa shape index (κ3) is 2.83. The molecule has 2 rings (SSSR count). The Bertz CT molecular complexity index is 370. The Kier molecular flexibility index (Phi) is 3.57. The summed E-state index contributed by atoms with van der Waals surface area (Å²) in [5.41, 5.74) is 6.99. The number of nitrogen functional groups attached to an aromatic ring is 1. The average molecular weight is 219 g/mol. The van der Waals surface area contributed by atoms with Crippen LogP contribution in [0.3, 0.4) is 0 Å². The van der Waals surface area contributed by atoms with Gasteiger partial charge in [-0.25, -0.2) is 0 Å². The fourth-order valence-corrected chi connectivity index (χ4v) is 2.02. The number of nitrogens with two attached hydrogens (primary N) is 1. The highest BCUT2D eigenvalue weighted by molar-refractivity contribution is 5.96. The Morgan fingerprint density at radius 2 is 2.38 bits per heavy atom. The highest BCUT2D eigenvalue weighted by Gasteiger charge is 2.17. The molecular formula is C13H17NO2. The van der Waals surface area contributed by atoms with Crippen LogP contribution in [0, 0.1) is 0 Å². The molecule has 1 saturated heterocycles. The van der Waals surface area contributed by atoms with Gasteiger partial charge < -0.3 is 10.5 Å². The third-order valence-corrected chi connectivity index (χ3v) is 2.93. The number of hydrogen-bond acceptors (Lipinski definition) is 3. The van der Waals surface area contributed by atoms with Gasteiger partial charge in [0.15, 0.2) is 5.78 Å². The van der Waals surface area contributed by atoms with Crippen molar-refractivity contribution >= 4 is 11.5 Å². The lowest BCUT2D eigenvalue weighted by molar-refractivity contribution is 0.0859. The Hall–Kier alpha value is -1.35. The van der Waals surface area contributed by atoms with Gasteiger partial charge in [0, 0.05) is 24.3 Å². The van der Waals surface area contributed by atoms with Gasteiger partial charge >= 0.3 is 0 Å². The number of hydrogen-bond donors (Lipinski definition) is 1. The van der Waals surface area contributed by atoms with Crippen molar-refractivity contribution in [1.82, 2.24) is 0 Å². The first kappa shape index (κ1) is 11.1. The van der Waals surface area contributed by atoms with E-state index in [0.717, 1.165) is 25.9 Å². The topological polar surface area (TPSA) is 52.3 Å². The summed E-state index contributed by atoms with van der Waals surface area (Å²) < 4.78 is 5.49. The lowest BCUT2D eigenvalue weighted by atomic mass is 10.0. The molecule has 1 aromatic rings. The van der Waals surface area contributed by atoms with Gasteiger partial charge in [-0.15, -0.1) is 0 Å². The lowest BCUT2D eigenvalue weighted by Crippen LogP contribution is -2.09. The molecule has 1 fully saturated rings. The Balaban J connectivity index is 1.87. The normalized spacial score (nSPS) is 19.9. The maximum atomic E-state index is 11.8. The van der Waals surface area contributed by atoms with Crippen LogP contribution in [0.15, 0.2) is 24.3 Å². The van der Waals surface area contributed by atoms with Crippen molar-refractivity contribution in [3.8, 4) is 0 Å². The van der Waals surface area contributed by atoms with Crippen LogP contribution in [-0.4, -0.2) is 18.5 Å². The molecule has 86 valence electrons. The fraction of sp³-hybridized carbons (Fsp3) is 0.462. The Morgan fingerprint density at radius 3 is 3.06 bits per heavy atom. The molecule has 0 bridgehead atoms. The van der Waals surface area contributed by atoms with E-state index in [9.17, 15) is 4.79 Å².